The third-order valence-corrected chi connectivity index (χ3v) is 5.73. The van der Waals surface area contributed by atoms with Crippen molar-refractivity contribution < 1.29 is 9.18 Å². The minimum atomic E-state index is -0.275. The first-order valence-corrected chi connectivity index (χ1v) is 10.4. The summed E-state index contributed by atoms with van der Waals surface area (Å²) in [5, 5.41) is 4.88. The summed E-state index contributed by atoms with van der Waals surface area (Å²) in [5.74, 6) is -0.354. The molecule has 4 aromatic rings. The quantitative estimate of drug-likeness (QED) is 0.476. The van der Waals surface area contributed by atoms with Crippen molar-refractivity contribution >= 4 is 39.7 Å². The van der Waals surface area contributed by atoms with Crippen molar-refractivity contribution in [2.45, 2.75) is 11.3 Å². The number of hydrogen-bond donors (Lipinski definition) is 1. The first kappa shape index (κ1) is 17.8. The summed E-state index contributed by atoms with van der Waals surface area (Å²) >= 11 is 3.11. The van der Waals surface area contributed by atoms with Crippen LogP contribution >= 0.6 is 23.1 Å². The number of anilines is 1. The summed E-state index contributed by atoms with van der Waals surface area (Å²) in [6.07, 6.45) is 4.14. The number of rotatable bonds is 5. The fourth-order valence-electron chi connectivity index (χ4n) is 2.79. The minimum absolute atomic E-state index is 0.0787. The number of carbonyl (C=O) groups excluding carboxylic acids is 1. The van der Waals surface area contributed by atoms with Gasteiger partial charge in [0, 0.05) is 33.4 Å². The maximum absolute atomic E-state index is 13.1. The van der Waals surface area contributed by atoms with E-state index >= 15 is 0 Å². The van der Waals surface area contributed by atoms with Gasteiger partial charge in [0.25, 0.3) is 0 Å². The third kappa shape index (κ3) is 3.89. The number of thiazole rings is 1. The van der Waals surface area contributed by atoms with Gasteiger partial charge in [-0.1, -0.05) is 6.07 Å². The first-order chi connectivity index (χ1) is 13.1. The lowest BCUT2D eigenvalue weighted by Gasteiger charge is -2.06. The highest BCUT2D eigenvalue weighted by molar-refractivity contribution is 7.98. The molecule has 0 spiro atoms. The lowest BCUT2D eigenvalue weighted by atomic mass is 10.2. The van der Waals surface area contributed by atoms with Crippen LogP contribution in [0, 0.1) is 5.82 Å². The number of hydrogen-bond acceptors (Lipinski definition) is 4. The van der Waals surface area contributed by atoms with Gasteiger partial charge in [0.05, 0.1) is 12.1 Å². The highest BCUT2D eigenvalue weighted by Crippen LogP contribution is 2.24. The summed E-state index contributed by atoms with van der Waals surface area (Å²) < 4.78 is 15.0. The molecule has 0 unspecified atom stereocenters. The highest BCUT2D eigenvalue weighted by Gasteiger charge is 2.13. The molecule has 2 aromatic carbocycles. The molecule has 7 heteroatoms. The van der Waals surface area contributed by atoms with E-state index in [0.717, 1.165) is 32.5 Å². The summed E-state index contributed by atoms with van der Waals surface area (Å²) in [5.41, 5.74) is 3.26. The van der Waals surface area contributed by atoms with Gasteiger partial charge in [-0.25, -0.2) is 9.37 Å². The normalized spacial score (nSPS) is 11.0. The molecule has 0 atom stereocenters. The average molecular weight is 398 g/mol. The molecule has 0 saturated carbocycles. The molecule has 2 aromatic heterocycles. The molecular weight excluding hydrogens is 381 g/mol. The van der Waals surface area contributed by atoms with Gasteiger partial charge in [0.15, 0.2) is 4.96 Å². The van der Waals surface area contributed by atoms with Crippen LogP contribution in [0.25, 0.3) is 16.2 Å². The first-order valence-electron chi connectivity index (χ1n) is 8.28. The molecule has 0 fully saturated rings. The van der Waals surface area contributed by atoms with Crippen LogP contribution in [-0.4, -0.2) is 21.5 Å². The predicted octanol–water partition coefficient (Wildman–Crippen LogP) is 5.11. The zero-order valence-electron chi connectivity index (χ0n) is 14.5. The summed E-state index contributed by atoms with van der Waals surface area (Å²) in [7, 11) is 0. The topological polar surface area (TPSA) is 46.4 Å². The molecule has 0 bridgehead atoms. The SMILES string of the molecule is CSc1cccc(NC(=O)Cc2csc3nc(-c4ccc(F)cc4)cn23)c1. The summed E-state index contributed by atoms with van der Waals surface area (Å²) in [6, 6.07) is 14.0. The van der Waals surface area contributed by atoms with Crippen LogP contribution in [0.4, 0.5) is 10.1 Å². The Labute approximate surface area is 164 Å². The number of amides is 1. The molecule has 4 rings (SSSR count). The zero-order valence-corrected chi connectivity index (χ0v) is 16.1. The van der Waals surface area contributed by atoms with Crippen LogP contribution in [-0.2, 0) is 11.2 Å². The zero-order chi connectivity index (χ0) is 18.8. The molecule has 2 heterocycles. The van der Waals surface area contributed by atoms with Gasteiger partial charge in [-0.2, -0.15) is 0 Å². The second-order valence-corrected chi connectivity index (χ2v) is 7.69. The third-order valence-electron chi connectivity index (χ3n) is 4.12. The van der Waals surface area contributed by atoms with Gasteiger partial charge in [-0.3, -0.25) is 9.20 Å². The smallest absolute Gasteiger partial charge is 0.230 e. The lowest BCUT2D eigenvalue weighted by molar-refractivity contribution is -0.115. The van der Waals surface area contributed by atoms with E-state index < -0.39 is 0 Å². The molecule has 136 valence electrons. The summed E-state index contributed by atoms with van der Waals surface area (Å²) in [6.45, 7) is 0. The van der Waals surface area contributed by atoms with E-state index in [1.165, 1.54) is 23.5 Å². The Morgan fingerprint density at radius 2 is 2.07 bits per heavy atom. The number of fused-ring (bicyclic) bond motifs is 1. The molecule has 0 aliphatic rings. The van der Waals surface area contributed by atoms with Crippen LogP contribution in [0.2, 0.25) is 0 Å². The van der Waals surface area contributed by atoms with Crippen molar-refractivity contribution in [2.75, 3.05) is 11.6 Å². The number of benzene rings is 2. The summed E-state index contributed by atoms with van der Waals surface area (Å²) in [4.78, 5) is 18.9. The Morgan fingerprint density at radius 1 is 1.26 bits per heavy atom. The van der Waals surface area contributed by atoms with E-state index in [2.05, 4.69) is 10.3 Å². The average Bonchev–Trinajstić information content (AvgIpc) is 3.24. The van der Waals surface area contributed by atoms with Crippen LogP contribution in [0.1, 0.15) is 5.69 Å². The standard InChI is InChI=1S/C20H16FN3OS2/c1-26-17-4-2-3-15(9-17)22-19(25)10-16-12-27-20-23-18(11-24(16)20)13-5-7-14(21)8-6-13/h2-9,11-12H,10H2,1H3,(H,22,25). The maximum atomic E-state index is 13.1. The number of aromatic nitrogens is 2. The number of thioether (sulfide) groups is 1. The highest BCUT2D eigenvalue weighted by atomic mass is 32.2. The largest absolute Gasteiger partial charge is 0.326 e. The Kier molecular flexibility index (Phi) is 4.96. The number of halogens is 1. The molecule has 0 aliphatic heterocycles. The van der Waals surface area contributed by atoms with Crippen molar-refractivity contribution in [3.63, 3.8) is 0 Å². The Morgan fingerprint density at radius 3 is 2.85 bits per heavy atom. The van der Waals surface area contributed by atoms with Crippen molar-refractivity contribution in [3.05, 3.63) is 71.6 Å². The molecule has 1 N–H and O–H groups in total. The van der Waals surface area contributed by atoms with E-state index in [9.17, 15) is 9.18 Å². The minimum Gasteiger partial charge on any atom is -0.326 e. The van der Waals surface area contributed by atoms with Gasteiger partial charge in [-0.05, 0) is 48.7 Å². The Hall–Kier alpha value is -2.64. The van der Waals surface area contributed by atoms with E-state index in [1.54, 1.807) is 23.9 Å². The Bertz CT molecular complexity index is 1100. The second kappa shape index (κ2) is 7.54. The van der Waals surface area contributed by atoms with Gasteiger partial charge >= 0.3 is 0 Å². The molecule has 0 saturated heterocycles. The maximum Gasteiger partial charge on any atom is 0.230 e. The van der Waals surface area contributed by atoms with Crippen LogP contribution in [0.3, 0.4) is 0 Å². The van der Waals surface area contributed by atoms with Crippen molar-refractivity contribution in [3.8, 4) is 11.3 Å². The Balaban J connectivity index is 1.53. The molecule has 0 radical (unpaired) electrons. The number of nitrogens with zero attached hydrogens (tertiary/aromatic N) is 2. The molecule has 0 aliphatic carbocycles. The monoisotopic (exact) mass is 397 g/mol. The van der Waals surface area contributed by atoms with Crippen molar-refractivity contribution in [2.24, 2.45) is 0 Å². The fourth-order valence-corrected chi connectivity index (χ4v) is 4.12. The predicted molar refractivity (Wildman–Crippen MR) is 109 cm³/mol. The van der Waals surface area contributed by atoms with Gasteiger partial charge in [-0.15, -0.1) is 23.1 Å². The van der Waals surface area contributed by atoms with Crippen LogP contribution in [0.15, 0.2) is 65.0 Å². The number of nitrogens with one attached hydrogen (secondary N) is 1. The molecule has 4 nitrogen and oxygen atoms in total. The van der Waals surface area contributed by atoms with E-state index in [0.29, 0.717) is 0 Å². The van der Waals surface area contributed by atoms with Crippen LogP contribution in [0.5, 0.6) is 0 Å². The van der Waals surface area contributed by atoms with E-state index in [-0.39, 0.29) is 18.1 Å². The van der Waals surface area contributed by atoms with Gasteiger partial charge < -0.3 is 5.32 Å². The van der Waals surface area contributed by atoms with E-state index in [4.69, 9.17) is 0 Å². The molecule has 1 amide bonds. The molecule has 27 heavy (non-hydrogen) atoms. The second-order valence-electron chi connectivity index (χ2n) is 5.97. The lowest BCUT2D eigenvalue weighted by Crippen LogP contribution is -2.15. The fraction of sp³-hybridized carbons (Fsp3) is 0.100. The van der Waals surface area contributed by atoms with E-state index in [1.807, 2.05) is 46.5 Å². The van der Waals surface area contributed by atoms with Gasteiger partial charge in [0.2, 0.25) is 5.91 Å². The van der Waals surface area contributed by atoms with Crippen molar-refractivity contribution in [1.29, 1.82) is 0 Å². The number of imidazole rings is 1. The van der Waals surface area contributed by atoms with Crippen molar-refractivity contribution in [1.82, 2.24) is 9.38 Å². The van der Waals surface area contributed by atoms with Crippen LogP contribution < -0.4 is 5.32 Å². The molecular formula is C20H16FN3OS2. The number of carbonyl (C=O) groups is 1. The van der Waals surface area contributed by atoms with Gasteiger partial charge in [0.1, 0.15) is 5.82 Å².